The number of halogens is 4. The smallest absolute Gasteiger partial charge is 0.169 e. The van der Waals surface area contributed by atoms with Gasteiger partial charge in [0.05, 0.1) is 0 Å². The van der Waals surface area contributed by atoms with Crippen molar-refractivity contribution in [2.24, 2.45) is 0 Å². The summed E-state index contributed by atoms with van der Waals surface area (Å²) >= 11 is 5.14. The molecule has 0 N–H and O–H groups in total. The van der Waals surface area contributed by atoms with Gasteiger partial charge in [-0.2, -0.15) is 13.2 Å². The van der Waals surface area contributed by atoms with Gasteiger partial charge in [-0.25, -0.2) is 0 Å². The van der Waals surface area contributed by atoms with Crippen molar-refractivity contribution in [3.63, 3.8) is 0 Å². The third-order valence-corrected chi connectivity index (χ3v) is 2.89. The molecule has 1 unspecified atom stereocenters. The van der Waals surface area contributed by atoms with E-state index < -0.39 is 16.6 Å². The second kappa shape index (κ2) is 2.74. The van der Waals surface area contributed by atoms with Gasteiger partial charge < -0.3 is 0 Å². The Morgan fingerprint density at radius 3 is 1.60 bits per heavy atom. The zero-order valence-corrected chi connectivity index (χ0v) is 8.85. The largest absolute Gasteiger partial charge is 0.405 e. The van der Waals surface area contributed by atoms with Crippen molar-refractivity contribution in [1.82, 2.24) is 0 Å². The van der Waals surface area contributed by atoms with Crippen LogP contribution in [-0.4, -0.2) is 21.8 Å². The summed E-state index contributed by atoms with van der Waals surface area (Å²) in [6, 6.07) is 0. The van der Waals surface area contributed by atoms with E-state index in [2.05, 4.69) is 0 Å². The predicted octanol–water partition coefficient (Wildman–Crippen LogP) is 1.72. The van der Waals surface area contributed by atoms with Gasteiger partial charge in [0.25, 0.3) is 0 Å². The van der Waals surface area contributed by atoms with Gasteiger partial charge >= 0.3 is 6.18 Å². The molecule has 0 aromatic rings. The molecule has 0 aliphatic carbocycles. The van der Waals surface area contributed by atoms with Crippen molar-refractivity contribution in [1.29, 1.82) is 0 Å². The summed E-state index contributed by atoms with van der Waals surface area (Å²) in [6.45, 7) is 3.04. The molecule has 0 amide bonds. The molecule has 10 heavy (non-hydrogen) atoms. The lowest BCUT2D eigenvalue weighted by molar-refractivity contribution is -0.136. The van der Waals surface area contributed by atoms with Gasteiger partial charge in [-0.05, 0) is 5.04 Å². The molecular weight excluding hydrogens is 181 g/mol. The lowest BCUT2D eigenvalue weighted by Crippen LogP contribution is -2.33. The van der Waals surface area contributed by atoms with Gasteiger partial charge in [0.2, 0.25) is 0 Å². The standard InChI is InChI=1S/C5H10ClF3Si/c1-4(2,10)3(6)5(7,8)9/h3H,1-2,10H3. The highest BCUT2D eigenvalue weighted by atomic mass is 35.5. The summed E-state index contributed by atoms with van der Waals surface area (Å²) in [4.78, 5) is 0. The zero-order chi connectivity index (χ0) is 8.58. The van der Waals surface area contributed by atoms with Gasteiger partial charge in [0.1, 0.15) is 5.38 Å². The van der Waals surface area contributed by atoms with Crippen molar-refractivity contribution in [2.45, 2.75) is 30.4 Å². The first kappa shape index (κ1) is 10.3. The molecule has 0 saturated carbocycles. The van der Waals surface area contributed by atoms with Gasteiger partial charge in [-0.1, -0.05) is 13.8 Å². The fourth-order valence-electron chi connectivity index (χ4n) is 0.491. The maximum Gasteiger partial charge on any atom is 0.405 e. The van der Waals surface area contributed by atoms with E-state index in [1.807, 2.05) is 0 Å². The van der Waals surface area contributed by atoms with Crippen LogP contribution in [-0.2, 0) is 0 Å². The highest BCUT2D eigenvalue weighted by molar-refractivity contribution is 6.28. The predicted molar refractivity (Wildman–Crippen MR) is 39.7 cm³/mol. The number of rotatable bonds is 1. The summed E-state index contributed by atoms with van der Waals surface area (Å²) in [5.74, 6) is 0. The number of hydrogen-bond donors (Lipinski definition) is 0. The lowest BCUT2D eigenvalue weighted by atomic mass is 10.1. The molecular formula is C5H10ClF3Si. The van der Waals surface area contributed by atoms with Crippen LogP contribution in [0.15, 0.2) is 0 Å². The molecule has 0 rings (SSSR count). The fraction of sp³-hybridized carbons (Fsp3) is 1.00. The van der Waals surface area contributed by atoms with Gasteiger partial charge in [-0.15, -0.1) is 11.6 Å². The van der Waals surface area contributed by atoms with Crippen LogP contribution in [0.25, 0.3) is 0 Å². The molecule has 0 bridgehead atoms. The highest BCUT2D eigenvalue weighted by Gasteiger charge is 2.45. The second-order valence-electron chi connectivity index (χ2n) is 3.27. The third-order valence-electron chi connectivity index (χ3n) is 1.05. The second-order valence-corrected chi connectivity index (χ2v) is 6.28. The molecule has 0 heterocycles. The summed E-state index contributed by atoms with van der Waals surface area (Å²) in [5.41, 5.74) is 0. The van der Waals surface area contributed by atoms with Crippen LogP contribution < -0.4 is 0 Å². The van der Waals surface area contributed by atoms with Gasteiger partial charge in [0, 0.05) is 10.2 Å². The molecule has 62 valence electrons. The topological polar surface area (TPSA) is 0 Å². The first-order chi connectivity index (χ1) is 4.15. The van der Waals surface area contributed by atoms with Crippen molar-refractivity contribution in [3.8, 4) is 0 Å². The van der Waals surface area contributed by atoms with Crippen LogP contribution >= 0.6 is 11.6 Å². The average molecular weight is 191 g/mol. The molecule has 0 fully saturated rings. The van der Waals surface area contributed by atoms with Crippen LogP contribution in [0.5, 0.6) is 0 Å². The van der Waals surface area contributed by atoms with Crippen molar-refractivity contribution in [2.75, 3.05) is 0 Å². The Bertz CT molecular complexity index is 101. The Labute approximate surface area is 66.2 Å². The number of hydrogen-bond acceptors (Lipinski definition) is 0. The molecule has 5 heteroatoms. The highest BCUT2D eigenvalue weighted by Crippen LogP contribution is 2.40. The van der Waals surface area contributed by atoms with Crippen LogP contribution in [0.3, 0.4) is 0 Å². The van der Waals surface area contributed by atoms with E-state index in [1.165, 1.54) is 13.8 Å². The monoisotopic (exact) mass is 190 g/mol. The fourth-order valence-corrected chi connectivity index (χ4v) is 0.818. The first-order valence-electron chi connectivity index (χ1n) is 2.86. The maximum atomic E-state index is 11.8. The van der Waals surface area contributed by atoms with Crippen molar-refractivity contribution in [3.05, 3.63) is 0 Å². The summed E-state index contributed by atoms with van der Waals surface area (Å²) in [5, 5.41) is -2.48. The van der Waals surface area contributed by atoms with E-state index in [0.29, 0.717) is 10.2 Å². The molecule has 0 aromatic heterocycles. The van der Waals surface area contributed by atoms with E-state index in [0.717, 1.165) is 0 Å². The van der Waals surface area contributed by atoms with Crippen molar-refractivity contribution >= 4 is 21.8 Å². The Morgan fingerprint density at radius 2 is 1.60 bits per heavy atom. The van der Waals surface area contributed by atoms with E-state index in [9.17, 15) is 13.2 Å². The minimum atomic E-state index is -4.26. The minimum absolute atomic E-state index is 0.441. The Hall–Kier alpha value is 0.297. The molecule has 0 aliphatic heterocycles. The van der Waals surface area contributed by atoms with Gasteiger partial charge in [0.15, 0.2) is 0 Å². The SMILES string of the molecule is CC(C)([SiH3])C(Cl)C(F)(F)F. The van der Waals surface area contributed by atoms with Crippen LogP contribution in [0, 0.1) is 0 Å². The summed E-state index contributed by atoms with van der Waals surface area (Å²) < 4.78 is 35.5. The van der Waals surface area contributed by atoms with Gasteiger partial charge in [-0.3, -0.25) is 0 Å². The van der Waals surface area contributed by atoms with Crippen LogP contribution in [0.1, 0.15) is 13.8 Å². The number of alkyl halides is 4. The molecule has 1 atom stereocenters. The zero-order valence-electron chi connectivity index (χ0n) is 6.09. The quantitative estimate of drug-likeness (QED) is 0.436. The summed E-state index contributed by atoms with van der Waals surface area (Å²) in [7, 11) is 0.441. The molecule has 0 saturated heterocycles. The van der Waals surface area contributed by atoms with E-state index in [-0.39, 0.29) is 0 Å². The van der Waals surface area contributed by atoms with E-state index >= 15 is 0 Å². The van der Waals surface area contributed by atoms with Crippen LogP contribution in [0.4, 0.5) is 13.2 Å². The normalized spacial score (nSPS) is 17.4. The Morgan fingerprint density at radius 1 is 1.30 bits per heavy atom. The van der Waals surface area contributed by atoms with Crippen molar-refractivity contribution < 1.29 is 13.2 Å². The minimum Gasteiger partial charge on any atom is -0.169 e. The lowest BCUT2D eigenvalue weighted by Gasteiger charge is -2.26. The molecule has 0 aliphatic rings. The van der Waals surface area contributed by atoms with E-state index in [4.69, 9.17) is 11.6 Å². The first-order valence-corrected chi connectivity index (χ1v) is 4.30. The Balaban J connectivity index is 4.23. The van der Waals surface area contributed by atoms with Crippen LogP contribution in [0.2, 0.25) is 5.04 Å². The van der Waals surface area contributed by atoms with E-state index in [1.54, 1.807) is 0 Å². The average Bonchev–Trinajstić information content (AvgIpc) is 1.59. The molecule has 0 radical (unpaired) electrons. The Kier molecular flexibility index (Phi) is 2.82. The molecule has 0 aromatic carbocycles. The maximum absolute atomic E-state index is 11.8. The molecule has 0 spiro atoms. The third kappa shape index (κ3) is 2.92. The summed E-state index contributed by atoms with van der Waals surface area (Å²) in [6.07, 6.45) is -4.26. The molecule has 0 nitrogen and oxygen atoms in total.